The fourth-order valence-corrected chi connectivity index (χ4v) is 3.12. The van der Waals surface area contributed by atoms with Gasteiger partial charge < -0.3 is 14.6 Å². The van der Waals surface area contributed by atoms with Crippen molar-refractivity contribution in [3.8, 4) is 0 Å². The van der Waals surface area contributed by atoms with Crippen molar-refractivity contribution in [2.45, 2.75) is 55.0 Å². The molecule has 1 saturated carbocycles. The van der Waals surface area contributed by atoms with Crippen LogP contribution in [0.4, 0.5) is 35.1 Å². The van der Waals surface area contributed by atoms with E-state index < -0.39 is 95.8 Å². The largest absolute Gasteiger partial charge is 0.459 e. The van der Waals surface area contributed by atoms with Crippen LogP contribution in [0.15, 0.2) is 12.2 Å². The smallest absolute Gasteiger partial charge is 0.426 e. The maximum atomic E-state index is 13.0. The van der Waals surface area contributed by atoms with Crippen LogP contribution in [0.1, 0.15) is 25.7 Å². The Bertz CT molecular complexity index is 753. The van der Waals surface area contributed by atoms with Gasteiger partial charge in [-0.3, -0.25) is 4.55 Å². The van der Waals surface area contributed by atoms with Crippen LogP contribution in [-0.2, 0) is 24.4 Å². The minimum atomic E-state index is -5.98. The van der Waals surface area contributed by atoms with Crippen molar-refractivity contribution in [2.75, 3.05) is 13.2 Å². The molecule has 7 nitrogen and oxygen atoms in total. The molecule has 0 spiro atoms. The van der Waals surface area contributed by atoms with Crippen molar-refractivity contribution in [2.24, 2.45) is 5.92 Å². The second-order valence-corrected chi connectivity index (χ2v) is 8.40. The van der Waals surface area contributed by atoms with E-state index in [-0.39, 0.29) is 0 Å². The van der Waals surface area contributed by atoms with Crippen molar-refractivity contribution >= 4 is 16.1 Å². The number of ether oxygens (including phenoxy) is 2. The van der Waals surface area contributed by atoms with Crippen LogP contribution in [0, 0.1) is 5.92 Å². The van der Waals surface area contributed by atoms with Gasteiger partial charge in [-0.25, -0.2) is 4.79 Å². The van der Waals surface area contributed by atoms with Crippen LogP contribution in [0.5, 0.6) is 0 Å². The molecular weight excluding hydrogens is 476 g/mol. The minimum absolute atomic E-state index is 0.458. The third-order valence-electron chi connectivity index (χ3n) is 4.62. The van der Waals surface area contributed by atoms with Crippen molar-refractivity contribution in [1.29, 1.82) is 0 Å². The summed E-state index contributed by atoms with van der Waals surface area (Å²) in [6.45, 7) is 0.347. The molecule has 1 rings (SSSR count). The molecule has 182 valence electrons. The van der Waals surface area contributed by atoms with Crippen molar-refractivity contribution < 1.29 is 67.5 Å². The molecule has 0 aliphatic heterocycles. The maximum absolute atomic E-state index is 13.0. The summed E-state index contributed by atoms with van der Waals surface area (Å²) in [6, 6.07) is 0. The number of aliphatic hydroxyl groups is 1. The highest BCUT2D eigenvalue weighted by molar-refractivity contribution is 7.86. The Hall–Kier alpha value is -1.52. The Balaban J connectivity index is 2.61. The summed E-state index contributed by atoms with van der Waals surface area (Å²) in [5, 5.41) is 4.71. The third kappa shape index (κ3) is 6.26. The molecule has 1 fully saturated rings. The number of alkyl halides is 8. The monoisotopic (exact) mass is 494 g/mol. The van der Waals surface area contributed by atoms with Crippen molar-refractivity contribution in [3.63, 3.8) is 0 Å². The van der Waals surface area contributed by atoms with Gasteiger partial charge in [0, 0.05) is 5.92 Å². The Labute approximate surface area is 170 Å². The average Bonchev–Trinajstić information content (AvgIpc) is 2.58. The Kier molecular flexibility index (Phi) is 8.12. The number of esters is 1. The Morgan fingerprint density at radius 1 is 0.968 bits per heavy atom. The Morgan fingerprint density at radius 3 is 1.81 bits per heavy atom. The van der Waals surface area contributed by atoms with Gasteiger partial charge in [0.15, 0.2) is 0 Å². The first-order valence-electron chi connectivity index (χ1n) is 8.41. The van der Waals surface area contributed by atoms with Gasteiger partial charge in [-0.05, 0) is 25.7 Å². The summed E-state index contributed by atoms with van der Waals surface area (Å²) in [4.78, 5) is 11.8. The molecular formula is C15H18F8O7S. The molecule has 0 unspecified atom stereocenters. The highest BCUT2D eigenvalue weighted by Gasteiger charge is 2.73. The maximum Gasteiger partial charge on any atom is 0.426 e. The average molecular weight is 494 g/mol. The summed E-state index contributed by atoms with van der Waals surface area (Å²) in [7, 11) is -5.77. The summed E-state index contributed by atoms with van der Waals surface area (Å²) in [6.07, 6.45) is -15.6. The van der Waals surface area contributed by atoms with E-state index in [9.17, 15) is 53.4 Å². The number of carbonyl (C=O) groups excluding carboxylic acids is 1. The van der Waals surface area contributed by atoms with Gasteiger partial charge in [0.2, 0.25) is 0 Å². The molecule has 1 aliphatic rings. The van der Waals surface area contributed by atoms with Crippen molar-refractivity contribution in [3.05, 3.63) is 12.2 Å². The van der Waals surface area contributed by atoms with E-state index in [2.05, 4.69) is 11.3 Å². The first-order chi connectivity index (χ1) is 13.7. The van der Waals surface area contributed by atoms with Gasteiger partial charge in [-0.1, -0.05) is 6.58 Å². The van der Waals surface area contributed by atoms with E-state index in [0.29, 0.717) is 0 Å². The van der Waals surface area contributed by atoms with Gasteiger partial charge in [-0.15, -0.1) is 0 Å². The molecule has 0 heterocycles. The molecule has 0 atom stereocenters. The molecule has 0 amide bonds. The SMILES string of the molecule is C=C(COCC(F)(F)S(=O)(=O)O)C(=O)OC1CCC(C(O)(C(F)(F)F)C(F)(F)F)CC1. The normalized spacial score (nSPS) is 21.6. The highest BCUT2D eigenvalue weighted by atomic mass is 32.2. The molecule has 0 radical (unpaired) electrons. The summed E-state index contributed by atoms with van der Waals surface area (Å²) in [5.74, 6) is -3.49. The number of hydrogen-bond acceptors (Lipinski definition) is 6. The predicted octanol–water partition coefficient (Wildman–Crippen LogP) is 3.00. The molecule has 16 heteroatoms. The van der Waals surface area contributed by atoms with E-state index >= 15 is 0 Å². The first kappa shape index (κ1) is 27.5. The zero-order valence-corrected chi connectivity index (χ0v) is 16.3. The minimum Gasteiger partial charge on any atom is -0.459 e. The highest BCUT2D eigenvalue weighted by Crippen LogP contribution is 2.51. The van der Waals surface area contributed by atoms with E-state index in [4.69, 9.17) is 9.29 Å². The number of rotatable bonds is 8. The molecule has 0 aromatic carbocycles. The predicted molar refractivity (Wildman–Crippen MR) is 85.4 cm³/mol. The van der Waals surface area contributed by atoms with E-state index in [1.54, 1.807) is 0 Å². The summed E-state index contributed by atoms with van der Waals surface area (Å²) in [5.41, 5.74) is -5.53. The quantitative estimate of drug-likeness (QED) is 0.231. The second kappa shape index (κ2) is 9.15. The lowest BCUT2D eigenvalue weighted by Gasteiger charge is -2.41. The van der Waals surface area contributed by atoms with Gasteiger partial charge in [0.25, 0.3) is 5.60 Å². The van der Waals surface area contributed by atoms with Crippen LogP contribution in [0.3, 0.4) is 0 Å². The van der Waals surface area contributed by atoms with Gasteiger partial charge in [0.1, 0.15) is 12.7 Å². The summed E-state index contributed by atoms with van der Waals surface area (Å²) < 4.78 is 141. The van der Waals surface area contributed by atoms with E-state index in [1.807, 2.05) is 0 Å². The molecule has 0 aromatic rings. The molecule has 31 heavy (non-hydrogen) atoms. The van der Waals surface area contributed by atoms with Crippen LogP contribution < -0.4 is 0 Å². The summed E-state index contributed by atoms with van der Waals surface area (Å²) >= 11 is 0. The topological polar surface area (TPSA) is 110 Å². The van der Waals surface area contributed by atoms with Crippen LogP contribution >= 0.6 is 0 Å². The molecule has 2 N–H and O–H groups in total. The van der Waals surface area contributed by atoms with Crippen LogP contribution in [0.25, 0.3) is 0 Å². The standard InChI is InChI=1S/C15H18F8O7S/c1-8(6-29-7-12(16,17)31(26,27)28)11(24)30-10-4-2-9(3-5-10)13(25,14(18,19)20)15(21,22)23/h9-10,25H,1-7H2,(H,26,27,28). The van der Waals surface area contributed by atoms with Crippen LogP contribution in [0.2, 0.25) is 0 Å². The number of hydrogen-bond donors (Lipinski definition) is 2. The molecule has 0 saturated heterocycles. The number of halogens is 8. The van der Waals surface area contributed by atoms with Gasteiger partial charge >= 0.3 is 33.7 Å². The number of carbonyl (C=O) groups is 1. The van der Waals surface area contributed by atoms with Gasteiger partial charge in [0.05, 0.1) is 12.2 Å². The third-order valence-corrected chi connectivity index (χ3v) is 5.49. The zero-order valence-electron chi connectivity index (χ0n) is 15.5. The fourth-order valence-electron chi connectivity index (χ4n) is 2.88. The first-order valence-corrected chi connectivity index (χ1v) is 9.85. The van der Waals surface area contributed by atoms with Gasteiger partial charge in [-0.2, -0.15) is 43.5 Å². The second-order valence-electron chi connectivity index (χ2n) is 6.85. The zero-order chi connectivity index (χ0) is 24.5. The van der Waals surface area contributed by atoms with Crippen LogP contribution in [-0.4, -0.2) is 66.6 Å². The fraction of sp³-hybridized carbons (Fsp3) is 0.800. The van der Waals surface area contributed by atoms with E-state index in [1.165, 1.54) is 0 Å². The lowest BCUT2D eigenvalue weighted by Crippen LogP contribution is -2.62. The molecule has 1 aliphatic carbocycles. The molecule has 0 aromatic heterocycles. The van der Waals surface area contributed by atoms with E-state index in [0.717, 1.165) is 0 Å². The lowest BCUT2D eigenvalue weighted by molar-refractivity contribution is -0.387. The molecule has 0 bridgehead atoms. The Morgan fingerprint density at radius 2 is 1.42 bits per heavy atom. The lowest BCUT2D eigenvalue weighted by atomic mass is 9.75. The van der Waals surface area contributed by atoms with Crippen molar-refractivity contribution in [1.82, 2.24) is 0 Å².